The van der Waals surface area contributed by atoms with Crippen molar-refractivity contribution >= 4 is 34.0 Å². The largest absolute Gasteiger partial charge is 0.378 e. The molecule has 1 fully saturated rings. The molecule has 2 aromatic rings. The van der Waals surface area contributed by atoms with Crippen LogP contribution in [0.3, 0.4) is 0 Å². The van der Waals surface area contributed by atoms with Gasteiger partial charge < -0.3 is 14.8 Å². The number of amides is 1. The Morgan fingerprint density at radius 1 is 1.50 bits per heavy atom. The van der Waals surface area contributed by atoms with Crippen LogP contribution in [-0.4, -0.2) is 36.8 Å². The van der Waals surface area contributed by atoms with E-state index in [1.54, 1.807) is 6.20 Å². The molecule has 0 saturated carbocycles. The Morgan fingerprint density at radius 2 is 2.38 bits per heavy atom. The molecule has 26 heavy (non-hydrogen) atoms. The zero-order chi connectivity index (χ0) is 18.4. The number of carbonyl (C=O) groups excluding carboxylic acids is 1. The monoisotopic (exact) mass is 394 g/mol. The summed E-state index contributed by atoms with van der Waals surface area (Å²) in [5.74, 6) is -0.0865. The average molecular weight is 395 g/mol. The quantitative estimate of drug-likeness (QED) is 0.681. The number of rotatable bonds is 8. The summed E-state index contributed by atoms with van der Waals surface area (Å²) in [6, 6.07) is 6.04. The molecule has 3 rings (SSSR count). The van der Waals surface area contributed by atoms with Crippen LogP contribution >= 0.6 is 22.9 Å². The van der Waals surface area contributed by atoms with Crippen molar-refractivity contribution in [2.75, 3.05) is 25.1 Å². The second-order valence-corrected chi connectivity index (χ2v) is 7.92. The molecule has 7 heteroatoms. The van der Waals surface area contributed by atoms with Crippen molar-refractivity contribution in [3.8, 4) is 0 Å². The van der Waals surface area contributed by atoms with E-state index in [0.717, 1.165) is 46.9 Å². The molecule has 2 heterocycles. The number of thiazole rings is 1. The highest BCUT2D eigenvalue weighted by molar-refractivity contribution is 7.15. The van der Waals surface area contributed by atoms with Gasteiger partial charge in [0.15, 0.2) is 5.13 Å². The van der Waals surface area contributed by atoms with Crippen molar-refractivity contribution < 1.29 is 14.3 Å². The van der Waals surface area contributed by atoms with Gasteiger partial charge in [0.1, 0.15) is 0 Å². The van der Waals surface area contributed by atoms with E-state index in [1.807, 2.05) is 19.1 Å². The molecule has 5 nitrogen and oxygen atoms in total. The van der Waals surface area contributed by atoms with Gasteiger partial charge in [0.2, 0.25) is 5.91 Å². The summed E-state index contributed by atoms with van der Waals surface area (Å²) >= 11 is 7.65. The Hall–Kier alpha value is -1.47. The fourth-order valence-electron chi connectivity index (χ4n) is 2.73. The topological polar surface area (TPSA) is 60.5 Å². The molecule has 1 N–H and O–H groups in total. The summed E-state index contributed by atoms with van der Waals surface area (Å²) in [4.78, 5) is 17.3. The first-order chi connectivity index (χ1) is 12.6. The molecule has 1 unspecified atom stereocenters. The first kappa shape index (κ1) is 19.3. The molecule has 1 amide bonds. The third-order valence-corrected chi connectivity index (χ3v) is 5.54. The number of benzene rings is 1. The van der Waals surface area contributed by atoms with Gasteiger partial charge in [0, 0.05) is 29.1 Å². The van der Waals surface area contributed by atoms with Gasteiger partial charge >= 0.3 is 0 Å². The predicted octanol–water partition coefficient (Wildman–Crippen LogP) is 4.22. The zero-order valence-electron chi connectivity index (χ0n) is 14.8. The third-order valence-electron chi connectivity index (χ3n) is 4.22. The van der Waals surface area contributed by atoms with Gasteiger partial charge in [-0.25, -0.2) is 4.98 Å². The van der Waals surface area contributed by atoms with Crippen molar-refractivity contribution in [2.24, 2.45) is 0 Å². The lowest BCUT2D eigenvalue weighted by molar-refractivity contribution is -0.117. The van der Waals surface area contributed by atoms with Crippen molar-refractivity contribution in [1.82, 2.24) is 4.98 Å². The maximum Gasteiger partial charge on any atom is 0.228 e. The van der Waals surface area contributed by atoms with Crippen LogP contribution in [0.4, 0.5) is 5.13 Å². The van der Waals surface area contributed by atoms with Gasteiger partial charge in [-0.2, -0.15) is 0 Å². The number of nitrogens with one attached hydrogen (secondary N) is 1. The van der Waals surface area contributed by atoms with Crippen LogP contribution in [0.1, 0.15) is 35.3 Å². The minimum Gasteiger partial charge on any atom is -0.378 e. The highest BCUT2D eigenvalue weighted by atomic mass is 35.5. The van der Waals surface area contributed by atoms with Gasteiger partial charge in [0.05, 0.1) is 25.7 Å². The maximum atomic E-state index is 12.0. The van der Waals surface area contributed by atoms with E-state index in [1.165, 1.54) is 11.3 Å². The van der Waals surface area contributed by atoms with Crippen LogP contribution in [0.5, 0.6) is 0 Å². The maximum absolute atomic E-state index is 12.0. The van der Waals surface area contributed by atoms with E-state index in [4.69, 9.17) is 21.1 Å². The molecule has 1 aliphatic rings. The molecule has 1 aromatic carbocycles. The fourth-order valence-corrected chi connectivity index (χ4v) is 3.80. The molecule has 1 aromatic heterocycles. The number of ether oxygens (including phenoxy) is 2. The fraction of sp³-hybridized carbons (Fsp3) is 0.474. The second kappa shape index (κ2) is 9.46. The van der Waals surface area contributed by atoms with Gasteiger partial charge in [-0.05, 0) is 37.0 Å². The molecular formula is C19H23ClN2O3S. The van der Waals surface area contributed by atoms with Crippen LogP contribution in [0.15, 0.2) is 24.4 Å². The lowest BCUT2D eigenvalue weighted by Crippen LogP contribution is -2.18. The summed E-state index contributed by atoms with van der Waals surface area (Å²) in [5.41, 5.74) is 2.19. The van der Waals surface area contributed by atoms with Gasteiger partial charge in [-0.3, -0.25) is 4.79 Å². The Bertz CT molecular complexity index is 744. The van der Waals surface area contributed by atoms with Gasteiger partial charge in [-0.1, -0.05) is 23.7 Å². The van der Waals surface area contributed by atoms with Crippen LogP contribution < -0.4 is 5.32 Å². The Morgan fingerprint density at radius 3 is 3.15 bits per heavy atom. The van der Waals surface area contributed by atoms with E-state index in [0.29, 0.717) is 24.8 Å². The number of anilines is 1. The summed E-state index contributed by atoms with van der Waals surface area (Å²) in [6.45, 7) is 3.76. The SMILES string of the molecule is Cc1ccc(Cc2cnc(NC(=O)CCOCC3CCCO3)s2)cc1Cl. The van der Waals surface area contributed by atoms with Crippen molar-refractivity contribution in [1.29, 1.82) is 0 Å². The van der Waals surface area contributed by atoms with Crippen LogP contribution in [0, 0.1) is 6.92 Å². The third kappa shape index (κ3) is 5.77. The summed E-state index contributed by atoms with van der Waals surface area (Å²) < 4.78 is 11.0. The molecule has 0 aliphatic carbocycles. The standard InChI is InChI=1S/C19H23ClN2O3S/c1-13-4-5-14(10-17(13)20)9-16-11-21-19(26-16)22-18(23)6-8-24-12-15-3-2-7-25-15/h4-5,10-11,15H,2-3,6-9,12H2,1H3,(H,21,22,23). The minimum absolute atomic E-state index is 0.0865. The highest BCUT2D eigenvalue weighted by Gasteiger charge is 2.15. The summed E-state index contributed by atoms with van der Waals surface area (Å²) in [6.07, 6.45) is 5.18. The van der Waals surface area contributed by atoms with E-state index in [2.05, 4.69) is 16.4 Å². The molecule has 1 aliphatic heterocycles. The van der Waals surface area contributed by atoms with Crippen LogP contribution in [-0.2, 0) is 20.7 Å². The number of nitrogens with zero attached hydrogens (tertiary/aromatic N) is 1. The predicted molar refractivity (Wildman–Crippen MR) is 104 cm³/mol. The number of aryl methyl sites for hydroxylation is 1. The number of hydrogen-bond acceptors (Lipinski definition) is 5. The lowest BCUT2D eigenvalue weighted by Gasteiger charge is -2.09. The summed E-state index contributed by atoms with van der Waals surface area (Å²) in [7, 11) is 0. The first-order valence-corrected chi connectivity index (χ1v) is 9.98. The molecule has 0 bridgehead atoms. The molecule has 0 spiro atoms. The van der Waals surface area contributed by atoms with Crippen LogP contribution in [0.25, 0.3) is 0 Å². The lowest BCUT2D eigenvalue weighted by atomic mass is 10.1. The Kier molecular flexibility index (Phi) is 7.02. The van der Waals surface area contributed by atoms with Gasteiger partial charge in [0.25, 0.3) is 0 Å². The number of halogens is 1. The minimum atomic E-state index is -0.0865. The smallest absolute Gasteiger partial charge is 0.228 e. The highest BCUT2D eigenvalue weighted by Crippen LogP contribution is 2.24. The first-order valence-electron chi connectivity index (χ1n) is 8.79. The molecular weight excluding hydrogens is 372 g/mol. The zero-order valence-corrected chi connectivity index (χ0v) is 16.4. The Balaban J connectivity index is 1.40. The number of hydrogen-bond donors (Lipinski definition) is 1. The molecule has 1 saturated heterocycles. The average Bonchev–Trinajstić information content (AvgIpc) is 3.27. The Labute approximate surface area is 162 Å². The second-order valence-electron chi connectivity index (χ2n) is 6.40. The van der Waals surface area contributed by atoms with Crippen molar-refractivity contribution in [3.05, 3.63) is 45.4 Å². The van der Waals surface area contributed by atoms with E-state index >= 15 is 0 Å². The normalized spacial score (nSPS) is 16.8. The van der Waals surface area contributed by atoms with Crippen LogP contribution in [0.2, 0.25) is 5.02 Å². The van der Waals surface area contributed by atoms with Crippen molar-refractivity contribution in [3.63, 3.8) is 0 Å². The van der Waals surface area contributed by atoms with Gasteiger partial charge in [-0.15, -0.1) is 11.3 Å². The summed E-state index contributed by atoms with van der Waals surface area (Å²) in [5, 5.41) is 4.21. The van der Waals surface area contributed by atoms with E-state index in [9.17, 15) is 4.79 Å². The van der Waals surface area contributed by atoms with E-state index in [-0.39, 0.29) is 12.0 Å². The number of aromatic nitrogens is 1. The molecule has 1 atom stereocenters. The van der Waals surface area contributed by atoms with Crippen molar-refractivity contribution in [2.45, 2.75) is 38.7 Å². The molecule has 140 valence electrons. The number of carbonyl (C=O) groups is 1. The van der Waals surface area contributed by atoms with E-state index < -0.39 is 0 Å². The molecule has 0 radical (unpaired) electrons.